The van der Waals surface area contributed by atoms with Crippen molar-refractivity contribution in [3.8, 4) is 0 Å². The van der Waals surface area contributed by atoms with E-state index in [0.29, 0.717) is 5.92 Å². The number of likely N-dealkylation sites (N-methyl/N-ethyl adjacent to an activating group) is 1. The maximum absolute atomic E-state index is 10.4. The summed E-state index contributed by atoms with van der Waals surface area (Å²) < 4.78 is 0. The molecule has 118 valence electrons. The first-order chi connectivity index (χ1) is 10.0. The molecule has 0 saturated carbocycles. The van der Waals surface area contributed by atoms with Gasteiger partial charge in [0.1, 0.15) is 0 Å². The number of β-amino-alcohol motifs (C(OH)–C–C–N with tert-alkyl or cyclic N) is 1. The van der Waals surface area contributed by atoms with E-state index in [0.717, 1.165) is 44.7 Å². The van der Waals surface area contributed by atoms with Gasteiger partial charge in [0.2, 0.25) is 0 Å². The summed E-state index contributed by atoms with van der Waals surface area (Å²) in [7, 11) is 2.17. The van der Waals surface area contributed by atoms with Gasteiger partial charge >= 0.3 is 0 Å². The minimum Gasteiger partial charge on any atom is -0.387 e. The summed E-state index contributed by atoms with van der Waals surface area (Å²) in [4.78, 5) is 4.75. The van der Waals surface area contributed by atoms with Gasteiger partial charge in [0.15, 0.2) is 0 Å². The number of hydrogen-bond donors (Lipinski definition) is 1. The Hall–Kier alpha value is -0.900. The van der Waals surface area contributed by atoms with Crippen LogP contribution >= 0.6 is 0 Å². The fraction of sp³-hybridized carbons (Fsp3) is 0.667. The number of rotatable bonds is 5. The van der Waals surface area contributed by atoms with Gasteiger partial charge in [-0.25, -0.2) is 0 Å². The van der Waals surface area contributed by atoms with Crippen LogP contribution in [0, 0.1) is 5.92 Å². The van der Waals surface area contributed by atoms with Crippen LogP contribution in [0.3, 0.4) is 0 Å². The van der Waals surface area contributed by atoms with E-state index in [9.17, 15) is 5.11 Å². The normalized spacial score (nSPS) is 19.7. The third-order valence-corrected chi connectivity index (χ3v) is 4.25. The quantitative estimate of drug-likeness (QED) is 0.903. The van der Waals surface area contributed by atoms with Gasteiger partial charge in [-0.1, -0.05) is 38.1 Å². The van der Waals surface area contributed by atoms with Crippen LogP contribution in [0.2, 0.25) is 0 Å². The Kier molecular flexibility index (Phi) is 6.22. The molecule has 1 aromatic rings. The Morgan fingerprint density at radius 2 is 1.76 bits per heavy atom. The van der Waals surface area contributed by atoms with Crippen LogP contribution in [0.25, 0.3) is 0 Å². The molecule has 0 aliphatic carbocycles. The number of aliphatic hydroxyl groups is 1. The van der Waals surface area contributed by atoms with Crippen molar-refractivity contribution < 1.29 is 5.11 Å². The predicted molar refractivity (Wildman–Crippen MR) is 88.5 cm³/mol. The Bertz CT molecular complexity index is 416. The van der Waals surface area contributed by atoms with E-state index < -0.39 is 0 Å². The Balaban J connectivity index is 1.88. The molecule has 1 aromatic carbocycles. The largest absolute Gasteiger partial charge is 0.387 e. The van der Waals surface area contributed by atoms with Crippen LogP contribution < -0.4 is 0 Å². The van der Waals surface area contributed by atoms with Crippen molar-refractivity contribution in [1.29, 1.82) is 0 Å². The van der Waals surface area contributed by atoms with Gasteiger partial charge in [-0.15, -0.1) is 0 Å². The van der Waals surface area contributed by atoms with E-state index in [-0.39, 0.29) is 6.10 Å². The first kappa shape index (κ1) is 16.5. The van der Waals surface area contributed by atoms with Gasteiger partial charge in [-0.2, -0.15) is 0 Å². The molecule has 1 unspecified atom stereocenters. The van der Waals surface area contributed by atoms with E-state index in [1.807, 2.05) is 0 Å². The zero-order chi connectivity index (χ0) is 15.2. The van der Waals surface area contributed by atoms with Crippen molar-refractivity contribution in [1.82, 2.24) is 9.80 Å². The lowest BCUT2D eigenvalue weighted by molar-refractivity contribution is 0.115. The van der Waals surface area contributed by atoms with Crippen LogP contribution in [0.5, 0.6) is 0 Å². The van der Waals surface area contributed by atoms with Crippen molar-refractivity contribution in [3.63, 3.8) is 0 Å². The molecular formula is C18H30N2O. The summed E-state index contributed by atoms with van der Waals surface area (Å²) >= 11 is 0. The first-order valence-corrected chi connectivity index (χ1v) is 8.22. The third kappa shape index (κ3) is 5.42. The molecule has 0 aromatic heterocycles. The molecule has 1 fully saturated rings. The summed E-state index contributed by atoms with van der Waals surface area (Å²) in [5, 5.41) is 10.4. The molecular weight excluding hydrogens is 260 g/mol. The molecule has 1 heterocycles. The van der Waals surface area contributed by atoms with Crippen molar-refractivity contribution in [2.45, 2.75) is 32.8 Å². The second-order valence-corrected chi connectivity index (χ2v) is 6.81. The lowest BCUT2D eigenvalue weighted by Gasteiger charge is -2.23. The fourth-order valence-electron chi connectivity index (χ4n) is 2.98. The third-order valence-electron chi connectivity index (χ3n) is 4.25. The second-order valence-electron chi connectivity index (χ2n) is 6.81. The standard InChI is InChI=1S/C18H30N2O/c1-15(2)13-16-5-7-17(8-6-16)18(21)14-20-10-4-9-19(3)11-12-20/h5-8,15,18,21H,4,9-14H2,1-3H3. The van der Waals surface area contributed by atoms with Crippen LogP contribution in [-0.4, -0.2) is 54.7 Å². The Morgan fingerprint density at radius 3 is 2.43 bits per heavy atom. The number of benzene rings is 1. The molecule has 1 aliphatic rings. The SMILES string of the molecule is CC(C)Cc1ccc(C(O)CN2CCCN(C)CC2)cc1. The highest BCUT2D eigenvalue weighted by Gasteiger charge is 2.16. The summed E-state index contributed by atoms with van der Waals surface area (Å²) in [6.45, 7) is 9.62. The summed E-state index contributed by atoms with van der Waals surface area (Å²) in [6, 6.07) is 8.50. The van der Waals surface area contributed by atoms with Gasteiger partial charge < -0.3 is 10.0 Å². The monoisotopic (exact) mass is 290 g/mol. The second kappa shape index (κ2) is 7.92. The van der Waals surface area contributed by atoms with Gasteiger partial charge in [0.25, 0.3) is 0 Å². The molecule has 21 heavy (non-hydrogen) atoms. The molecule has 1 N–H and O–H groups in total. The number of aliphatic hydroxyl groups excluding tert-OH is 1. The average Bonchev–Trinajstić information content (AvgIpc) is 2.64. The number of hydrogen-bond acceptors (Lipinski definition) is 3. The smallest absolute Gasteiger partial charge is 0.0916 e. The van der Waals surface area contributed by atoms with Crippen molar-refractivity contribution >= 4 is 0 Å². The van der Waals surface area contributed by atoms with Gasteiger partial charge in [0.05, 0.1) is 6.10 Å². The first-order valence-electron chi connectivity index (χ1n) is 8.22. The Morgan fingerprint density at radius 1 is 1.05 bits per heavy atom. The molecule has 2 rings (SSSR count). The molecule has 3 nitrogen and oxygen atoms in total. The minimum atomic E-state index is -0.374. The lowest BCUT2D eigenvalue weighted by Crippen LogP contribution is -2.32. The molecule has 0 radical (unpaired) electrons. The molecule has 0 spiro atoms. The molecule has 1 atom stereocenters. The highest BCUT2D eigenvalue weighted by molar-refractivity contribution is 5.24. The zero-order valence-corrected chi connectivity index (χ0v) is 13.8. The van der Waals surface area contributed by atoms with E-state index in [1.165, 1.54) is 12.0 Å². The summed E-state index contributed by atoms with van der Waals surface area (Å²) in [6.07, 6.45) is 1.92. The fourth-order valence-corrected chi connectivity index (χ4v) is 2.98. The van der Waals surface area contributed by atoms with Crippen LogP contribution in [0.4, 0.5) is 0 Å². The predicted octanol–water partition coefficient (Wildman–Crippen LogP) is 2.56. The maximum Gasteiger partial charge on any atom is 0.0916 e. The summed E-state index contributed by atoms with van der Waals surface area (Å²) in [5.74, 6) is 0.676. The molecule has 0 bridgehead atoms. The van der Waals surface area contributed by atoms with Crippen LogP contribution in [-0.2, 0) is 6.42 Å². The average molecular weight is 290 g/mol. The lowest BCUT2D eigenvalue weighted by atomic mass is 10.00. The van der Waals surface area contributed by atoms with Gasteiger partial charge in [0, 0.05) is 19.6 Å². The number of nitrogens with zero attached hydrogens (tertiary/aromatic N) is 2. The van der Waals surface area contributed by atoms with Gasteiger partial charge in [-0.05, 0) is 50.0 Å². The van der Waals surface area contributed by atoms with E-state index in [4.69, 9.17) is 0 Å². The van der Waals surface area contributed by atoms with Crippen molar-refractivity contribution in [2.75, 3.05) is 39.8 Å². The highest BCUT2D eigenvalue weighted by atomic mass is 16.3. The van der Waals surface area contributed by atoms with Crippen molar-refractivity contribution in [2.24, 2.45) is 5.92 Å². The van der Waals surface area contributed by atoms with Crippen LogP contribution in [0.15, 0.2) is 24.3 Å². The minimum absolute atomic E-state index is 0.374. The van der Waals surface area contributed by atoms with Crippen molar-refractivity contribution in [3.05, 3.63) is 35.4 Å². The molecule has 3 heteroatoms. The van der Waals surface area contributed by atoms with E-state index >= 15 is 0 Å². The Labute approximate surface area is 129 Å². The topological polar surface area (TPSA) is 26.7 Å². The highest BCUT2D eigenvalue weighted by Crippen LogP contribution is 2.17. The van der Waals surface area contributed by atoms with Crippen LogP contribution in [0.1, 0.15) is 37.5 Å². The van der Waals surface area contributed by atoms with E-state index in [1.54, 1.807) is 0 Å². The van der Waals surface area contributed by atoms with Gasteiger partial charge in [-0.3, -0.25) is 4.90 Å². The summed E-state index contributed by atoms with van der Waals surface area (Å²) in [5.41, 5.74) is 2.40. The van der Waals surface area contributed by atoms with E-state index in [2.05, 4.69) is 55.0 Å². The maximum atomic E-state index is 10.4. The zero-order valence-electron chi connectivity index (χ0n) is 13.8. The molecule has 1 aliphatic heterocycles. The molecule has 1 saturated heterocycles. The molecule has 0 amide bonds.